The van der Waals surface area contributed by atoms with Gasteiger partial charge in [-0.3, -0.25) is 14.8 Å². The van der Waals surface area contributed by atoms with Gasteiger partial charge in [0.2, 0.25) is 11.6 Å². The van der Waals surface area contributed by atoms with Gasteiger partial charge in [0.15, 0.2) is 0 Å². The number of hydrogen-bond donors (Lipinski definition) is 0. The predicted molar refractivity (Wildman–Crippen MR) is 75.0 cm³/mol. The van der Waals surface area contributed by atoms with E-state index in [-0.39, 0.29) is 11.9 Å². The Morgan fingerprint density at radius 2 is 2.33 bits per heavy atom. The second-order valence-corrected chi connectivity index (χ2v) is 5.96. The van der Waals surface area contributed by atoms with Gasteiger partial charge in [-0.2, -0.15) is 0 Å². The molecule has 2 saturated heterocycles. The van der Waals surface area contributed by atoms with E-state index in [1.807, 2.05) is 5.01 Å². The normalized spacial score (nSPS) is 30.3. The van der Waals surface area contributed by atoms with Crippen molar-refractivity contribution in [3.63, 3.8) is 0 Å². The van der Waals surface area contributed by atoms with Crippen molar-refractivity contribution in [1.82, 2.24) is 15.0 Å². The molecule has 0 aliphatic carbocycles. The fourth-order valence-electron chi connectivity index (χ4n) is 3.12. The number of hydrogen-bond acceptors (Lipinski definition) is 3. The molecule has 3 atom stereocenters. The quantitative estimate of drug-likeness (QED) is 0.785. The van der Waals surface area contributed by atoms with Gasteiger partial charge < -0.3 is 0 Å². The Hall–Kier alpha value is -2.00. The van der Waals surface area contributed by atoms with Crippen molar-refractivity contribution in [1.29, 1.82) is 0 Å². The van der Waals surface area contributed by atoms with Crippen LogP contribution in [0.1, 0.15) is 31.9 Å². The van der Waals surface area contributed by atoms with Gasteiger partial charge in [0.25, 0.3) is 0 Å². The molecule has 0 saturated carbocycles. The fraction of sp³-hybridized carbons (Fsp3) is 0.533. The van der Waals surface area contributed by atoms with E-state index in [1.54, 1.807) is 24.2 Å². The molecule has 2 aliphatic rings. The van der Waals surface area contributed by atoms with Gasteiger partial charge in [-0.15, -0.1) is 0 Å². The molecule has 5 nitrogen and oxygen atoms in total. The van der Waals surface area contributed by atoms with E-state index in [4.69, 9.17) is 6.57 Å². The van der Waals surface area contributed by atoms with Crippen molar-refractivity contribution < 1.29 is 9.18 Å². The van der Waals surface area contributed by atoms with Crippen LogP contribution in [0, 0.1) is 12.0 Å². The summed E-state index contributed by atoms with van der Waals surface area (Å²) in [6, 6.07) is 1.61. The molecule has 3 rings (SSSR count). The second-order valence-electron chi connectivity index (χ2n) is 5.96. The third kappa shape index (κ3) is 2.00. The van der Waals surface area contributed by atoms with Crippen LogP contribution in [0.5, 0.6) is 0 Å². The smallest absolute Gasteiger partial charge is 0.247 e. The highest BCUT2D eigenvalue weighted by Crippen LogP contribution is 2.44. The van der Waals surface area contributed by atoms with Gasteiger partial charge in [-0.25, -0.2) is 14.2 Å². The zero-order chi connectivity index (χ0) is 15.2. The van der Waals surface area contributed by atoms with E-state index in [9.17, 15) is 9.18 Å². The number of rotatable bonds is 2. The molecule has 110 valence electrons. The minimum absolute atomic E-state index is 0.146. The predicted octanol–water partition coefficient (Wildman–Crippen LogP) is 2.50. The number of aromatic nitrogens is 1. The molecule has 3 heterocycles. The summed E-state index contributed by atoms with van der Waals surface area (Å²) in [7, 11) is 0. The zero-order valence-electron chi connectivity index (χ0n) is 12.1. The van der Waals surface area contributed by atoms with Crippen molar-refractivity contribution in [3.05, 3.63) is 35.4 Å². The van der Waals surface area contributed by atoms with E-state index in [2.05, 4.69) is 9.83 Å². The molecule has 2 fully saturated rings. The Labute approximate surface area is 123 Å². The number of carbonyl (C=O) groups excluding carboxylic acids is 1. The Bertz CT molecular complexity index is 626. The number of nitrogens with zero attached hydrogens (tertiary/aromatic N) is 4. The van der Waals surface area contributed by atoms with E-state index in [0.717, 1.165) is 18.5 Å². The highest BCUT2D eigenvalue weighted by atomic mass is 19.1. The fourth-order valence-corrected chi connectivity index (χ4v) is 3.12. The highest BCUT2D eigenvalue weighted by molar-refractivity contribution is 5.85. The van der Waals surface area contributed by atoms with Crippen molar-refractivity contribution in [2.24, 2.45) is 5.41 Å². The van der Waals surface area contributed by atoms with Crippen LogP contribution in [0.2, 0.25) is 0 Å². The molecule has 2 aliphatic heterocycles. The molecule has 6 heteroatoms. The first-order valence-electron chi connectivity index (χ1n) is 7.02. The number of halogens is 1. The summed E-state index contributed by atoms with van der Waals surface area (Å²) in [5.41, 5.74) is 0.318. The van der Waals surface area contributed by atoms with Gasteiger partial charge in [0, 0.05) is 25.5 Å². The molecule has 1 aromatic rings. The topological polar surface area (TPSA) is 40.8 Å². The summed E-state index contributed by atoms with van der Waals surface area (Å²) >= 11 is 0. The number of alkyl halides is 1. The van der Waals surface area contributed by atoms with Crippen molar-refractivity contribution in [2.75, 3.05) is 13.1 Å². The van der Waals surface area contributed by atoms with Gasteiger partial charge in [0.1, 0.15) is 6.17 Å². The first-order chi connectivity index (χ1) is 9.97. The van der Waals surface area contributed by atoms with E-state index in [1.165, 1.54) is 13.1 Å². The number of carbonyl (C=O) groups is 1. The summed E-state index contributed by atoms with van der Waals surface area (Å²) in [5.74, 6) is -0.173. The summed E-state index contributed by atoms with van der Waals surface area (Å²) < 4.78 is 13.9. The van der Waals surface area contributed by atoms with Crippen LogP contribution >= 0.6 is 0 Å². The van der Waals surface area contributed by atoms with Crippen molar-refractivity contribution >= 4 is 11.6 Å². The minimum atomic E-state index is -1.19. The monoisotopic (exact) mass is 288 g/mol. The van der Waals surface area contributed by atoms with Crippen molar-refractivity contribution in [2.45, 2.75) is 32.5 Å². The van der Waals surface area contributed by atoms with Crippen LogP contribution in [0.3, 0.4) is 0 Å². The summed E-state index contributed by atoms with van der Waals surface area (Å²) in [6.07, 6.45) is 2.78. The molecular weight excluding hydrogens is 271 g/mol. The molecule has 0 radical (unpaired) electrons. The molecule has 1 unspecified atom stereocenters. The Balaban J connectivity index is 1.94. The zero-order valence-corrected chi connectivity index (χ0v) is 12.1. The molecule has 21 heavy (non-hydrogen) atoms. The summed E-state index contributed by atoms with van der Waals surface area (Å²) in [5, 5.41) is 3.59. The maximum Gasteiger partial charge on any atom is 0.247 e. The van der Waals surface area contributed by atoms with Crippen LogP contribution in [0.4, 0.5) is 10.1 Å². The Morgan fingerprint density at radius 1 is 1.57 bits per heavy atom. The summed E-state index contributed by atoms with van der Waals surface area (Å²) in [4.78, 5) is 20.1. The van der Waals surface area contributed by atoms with Gasteiger partial charge in [0.05, 0.1) is 18.0 Å². The lowest BCUT2D eigenvalue weighted by molar-refractivity contribution is -0.144. The molecule has 0 spiro atoms. The molecule has 0 bridgehead atoms. The average Bonchev–Trinajstić information content (AvgIpc) is 2.99. The van der Waals surface area contributed by atoms with E-state index < -0.39 is 11.6 Å². The standard InChI is InChI=1S/C15H17FN4O/c1-10(16)15(2)9-19-5-4-13(20(19)14(15)21)11-6-12(17-3)8-18-7-11/h6-8,10,13H,4-5,9H2,1-2H3/t10?,13-,15-/m1/s1. The largest absolute Gasteiger partial charge is 0.276 e. The lowest BCUT2D eigenvalue weighted by Crippen LogP contribution is -2.39. The van der Waals surface area contributed by atoms with Crippen LogP contribution in [0.15, 0.2) is 18.5 Å². The maximum absolute atomic E-state index is 13.9. The van der Waals surface area contributed by atoms with E-state index >= 15 is 0 Å². The Kier molecular flexibility index (Phi) is 3.18. The average molecular weight is 288 g/mol. The molecular formula is C15H17FN4O. The minimum Gasteiger partial charge on any atom is -0.276 e. The van der Waals surface area contributed by atoms with Crippen LogP contribution in [-0.4, -0.2) is 40.2 Å². The third-order valence-electron chi connectivity index (χ3n) is 4.60. The highest BCUT2D eigenvalue weighted by Gasteiger charge is 2.55. The van der Waals surface area contributed by atoms with Gasteiger partial charge in [-0.05, 0) is 31.9 Å². The second kappa shape index (κ2) is 4.78. The lowest BCUT2D eigenvalue weighted by atomic mass is 9.85. The molecule has 1 aromatic heterocycles. The maximum atomic E-state index is 13.9. The van der Waals surface area contributed by atoms with Crippen LogP contribution in [-0.2, 0) is 4.79 Å². The molecule has 0 aromatic carbocycles. The van der Waals surface area contributed by atoms with E-state index in [0.29, 0.717) is 12.2 Å². The van der Waals surface area contributed by atoms with Gasteiger partial charge in [-0.1, -0.05) is 0 Å². The van der Waals surface area contributed by atoms with Crippen LogP contribution in [0.25, 0.3) is 4.85 Å². The first-order valence-corrected chi connectivity index (χ1v) is 7.02. The number of fused-ring (bicyclic) bond motifs is 1. The van der Waals surface area contributed by atoms with Crippen LogP contribution < -0.4 is 0 Å². The summed E-state index contributed by atoms with van der Waals surface area (Å²) in [6.45, 7) is 11.3. The number of pyridine rings is 1. The lowest BCUT2D eigenvalue weighted by Gasteiger charge is -2.27. The number of hydrazine groups is 1. The van der Waals surface area contributed by atoms with Gasteiger partial charge >= 0.3 is 0 Å². The Morgan fingerprint density at radius 3 is 3.00 bits per heavy atom. The number of amides is 1. The third-order valence-corrected chi connectivity index (χ3v) is 4.60. The SMILES string of the molecule is [C-]#[N+]c1cncc([C@H]2CCN3C[C@](C)(C(C)F)C(=O)N23)c1. The molecule has 1 amide bonds. The van der Waals surface area contributed by atoms with Crippen molar-refractivity contribution in [3.8, 4) is 0 Å². The first kappa shape index (κ1) is 14.0. The molecule has 0 N–H and O–H groups in total.